The molecular weight excluding hydrogens is 460 g/mol. The van der Waals surface area contributed by atoms with Crippen molar-refractivity contribution in [1.82, 2.24) is 15.1 Å². The summed E-state index contributed by atoms with van der Waals surface area (Å²) < 4.78 is 5.39. The highest BCUT2D eigenvalue weighted by molar-refractivity contribution is 8.01. The second kappa shape index (κ2) is 11.3. The molecule has 3 atom stereocenters. The third-order valence-corrected chi connectivity index (χ3v) is 7.93. The molecule has 0 bridgehead atoms. The number of hydrogen-bond acceptors (Lipinski definition) is 10. The van der Waals surface area contributed by atoms with Gasteiger partial charge in [0.2, 0.25) is 22.9 Å². The molecule has 1 aromatic heterocycles. The summed E-state index contributed by atoms with van der Waals surface area (Å²) >= 11 is 3.87. The molecule has 1 aliphatic carbocycles. The van der Waals surface area contributed by atoms with E-state index >= 15 is 0 Å². The Kier molecular flexibility index (Phi) is 8.73. The number of rotatable bonds is 10. The molecule has 1 saturated carbocycles. The molecule has 1 N–H and O–H groups in total. The summed E-state index contributed by atoms with van der Waals surface area (Å²) in [4.78, 5) is 51.7. The van der Waals surface area contributed by atoms with E-state index in [1.165, 1.54) is 16.7 Å². The zero-order valence-corrected chi connectivity index (χ0v) is 19.9. The van der Waals surface area contributed by atoms with E-state index < -0.39 is 11.9 Å². The van der Waals surface area contributed by atoms with Crippen LogP contribution < -0.4 is 5.32 Å². The Hall–Kier alpha value is -1.66. The minimum atomic E-state index is -0.863. The van der Waals surface area contributed by atoms with Crippen LogP contribution in [0.4, 0.5) is 5.13 Å². The normalized spacial score (nSPS) is 21.7. The molecule has 2 aliphatic rings. The minimum absolute atomic E-state index is 0.103. The van der Waals surface area contributed by atoms with Gasteiger partial charge >= 0.3 is 5.97 Å². The first-order valence-electron chi connectivity index (χ1n) is 10.2. The highest BCUT2D eigenvalue weighted by atomic mass is 32.2. The molecular formula is C19H26N4O5S3. The smallest absolute Gasteiger partial charge is 0.316 e. The fourth-order valence-electron chi connectivity index (χ4n) is 3.93. The second-order valence-electron chi connectivity index (χ2n) is 7.30. The number of fused-ring (bicyclic) bond motifs is 1. The molecule has 0 aromatic carbocycles. The Bertz CT molecular complexity index is 809. The van der Waals surface area contributed by atoms with E-state index in [9.17, 15) is 19.2 Å². The van der Waals surface area contributed by atoms with E-state index in [0.717, 1.165) is 24.2 Å². The number of imide groups is 1. The highest BCUT2D eigenvalue weighted by Gasteiger charge is 2.51. The van der Waals surface area contributed by atoms with Gasteiger partial charge < -0.3 is 4.74 Å². The van der Waals surface area contributed by atoms with Gasteiger partial charge in [-0.25, -0.2) is 0 Å². The summed E-state index contributed by atoms with van der Waals surface area (Å²) in [6.07, 6.45) is 5.59. The fourth-order valence-corrected chi connectivity index (χ4v) is 5.94. The van der Waals surface area contributed by atoms with Gasteiger partial charge in [-0.05, 0) is 38.2 Å². The number of aromatic nitrogens is 2. The minimum Gasteiger partial charge on any atom is -0.465 e. The molecule has 1 saturated heterocycles. The molecule has 1 aliphatic heterocycles. The summed E-state index contributed by atoms with van der Waals surface area (Å²) in [5.74, 6) is -1.08. The first-order valence-corrected chi connectivity index (χ1v) is 13.4. The largest absolute Gasteiger partial charge is 0.465 e. The molecule has 2 fully saturated rings. The molecule has 3 unspecified atom stereocenters. The molecule has 170 valence electrons. The third-order valence-electron chi connectivity index (χ3n) is 5.34. The van der Waals surface area contributed by atoms with Crippen LogP contribution in [0.2, 0.25) is 0 Å². The monoisotopic (exact) mass is 486 g/mol. The predicted molar refractivity (Wildman–Crippen MR) is 120 cm³/mol. The number of amides is 3. The first-order chi connectivity index (χ1) is 15.0. The van der Waals surface area contributed by atoms with Gasteiger partial charge in [0.25, 0.3) is 0 Å². The van der Waals surface area contributed by atoms with Gasteiger partial charge in [0.05, 0.1) is 24.2 Å². The third kappa shape index (κ3) is 5.78. The summed E-state index contributed by atoms with van der Waals surface area (Å²) in [5, 5.41) is 10.9. The Morgan fingerprint density at radius 2 is 1.90 bits per heavy atom. The lowest BCUT2D eigenvalue weighted by Crippen LogP contribution is -2.48. The number of hydrogen-bond donors (Lipinski definition) is 1. The number of carbonyl (C=O) groups excluding carboxylic acids is 4. The van der Waals surface area contributed by atoms with Gasteiger partial charge in [0, 0.05) is 0 Å². The highest BCUT2D eigenvalue weighted by Crippen LogP contribution is 2.39. The van der Waals surface area contributed by atoms with Gasteiger partial charge in [-0.1, -0.05) is 35.9 Å². The number of thioether (sulfide) groups is 2. The predicted octanol–water partition coefficient (Wildman–Crippen LogP) is 2.43. The Morgan fingerprint density at radius 3 is 2.52 bits per heavy atom. The summed E-state index contributed by atoms with van der Waals surface area (Å²) in [5.41, 5.74) is 0. The van der Waals surface area contributed by atoms with Crippen molar-refractivity contribution >= 4 is 63.7 Å². The number of nitrogens with one attached hydrogen (secondary N) is 1. The van der Waals surface area contributed by atoms with Crippen LogP contribution in [-0.2, 0) is 23.9 Å². The molecule has 3 rings (SSSR count). The molecule has 31 heavy (non-hydrogen) atoms. The van der Waals surface area contributed by atoms with Crippen molar-refractivity contribution < 1.29 is 23.9 Å². The SMILES string of the molecule is CCOC(=O)CSc1nnc(NC(=O)C(CCSC)N2C(=O)C3CCCCC3C2=O)s1. The zero-order valence-electron chi connectivity index (χ0n) is 17.5. The van der Waals surface area contributed by atoms with Crippen molar-refractivity contribution in [1.29, 1.82) is 0 Å². The topological polar surface area (TPSA) is 119 Å². The van der Waals surface area contributed by atoms with Crippen LogP contribution in [0.1, 0.15) is 39.0 Å². The van der Waals surface area contributed by atoms with E-state index in [-0.39, 0.29) is 40.5 Å². The van der Waals surface area contributed by atoms with E-state index in [1.54, 1.807) is 18.7 Å². The quantitative estimate of drug-likeness (QED) is 0.230. The number of ether oxygens (including phenoxy) is 1. The molecule has 1 aromatic rings. The average molecular weight is 487 g/mol. The molecule has 12 heteroatoms. The van der Waals surface area contributed by atoms with Gasteiger partial charge in [-0.15, -0.1) is 10.2 Å². The van der Waals surface area contributed by atoms with E-state index in [4.69, 9.17) is 4.74 Å². The van der Waals surface area contributed by atoms with Crippen LogP contribution in [0.5, 0.6) is 0 Å². The molecule has 0 radical (unpaired) electrons. The molecule has 0 spiro atoms. The average Bonchev–Trinajstić information content (AvgIpc) is 3.31. The van der Waals surface area contributed by atoms with Crippen LogP contribution in [0, 0.1) is 11.8 Å². The van der Waals surface area contributed by atoms with E-state index in [1.807, 2.05) is 6.26 Å². The lowest BCUT2D eigenvalue weighted by Gasteiger charge is -2.25. The Morgan fingerprint density at radius 1 is 1.23 bits per heavy atom. The van der Waals surface area contributed by atoms with Crippen molar-refractivity contribution in [3.8, 4) is 0 Å². The summed E-state index contributed by atoms with van der Waals surface area (Å²) in [6.45, 7) is 2.04. The summed E-state index contributed by atoms with van der Waals surface area (Å²) in [7, 11) is 0. The number of likely N-dealkylation sites (tertiary alicyclic amines) is 1. The lowest BCUT2D eigenvalue weighted by atomic mass is 9.81. The Labute approximate surface area is 193 Å². The number of anilines is 1. The van der Waals surface area contributed by atoms with Crippen molar-refractivity contribution in [2.45, 2.75) is 49.4 Å². The summed E-state index contributed by atoms with van der Waals surface area (Å²) in [6, 6.07) is -0.863. The van der Waals surface area contributed by atoms with Gasteiger partial charge in [-0.2, -0.15) is 11.8 Å². The Balaban J connectivity index is 1.67. The van der Waals surface area contributed by atoms with Crippen LogP contribution in [-0.4, -0.2) is 69.2 Å². The molecule has 2 heterocycles. The van der Waals surface area contributed by atoms with Crippen LogP contribution >= 0.6 is 34.9 Å². The number of esters is 1. The second-order valence-corrected chi connectivity index (χ2v) is 10.5. The van der Waals surface area contributed by atoms with Gasteiger partial charge in [0.1, 0.15) is 6.04 Å². The maximum Gasteiger partial charge on any atom is 0.316 e. The fraction of sp³-hybridized carbons (Fsp3) is 0.684. The zero-order chi connectivity index (χ0) is 22.4. The van der Waals surface area contributed by atoms with Crippen molar-refractivity contribution in [2.24, 2.45) is 11.8 Å². The standard InChI is InChI=1S/C19H26N4O5S3/c1-3-28-14(24)10-30-19-22-21-18(31-19)20-15(25)13(8-9-29-2)23-16(26)11-6-4-5-7-12(11)17(23)27/h11-13H,3-10H2,1-2H3,(H,20,21,25). The first kappa shape index (κ1) is 24.0. The van der Waals surface area contributed by atoms with Crippen LogP contribution in [0.25, 0.3) is 0 Å². The maximum atomic E-state index is 13.1. The maximum absolute atomic E-state index is 13.1. The van der Waals surface area contributed by atoms with E-state index in [2.05, 4.69) is 15.5 Å². The van der Waals surface area contributed by atoms with Crippen LogP contribution in [0.3, 0.4) is 0 Å². The van der Waals surface area contributed by atoms with Gasteiger partial charge in [-0.3, -0.25) is 29.4 Å². The van der Waals surface area contributed by atoms with E-state index in [0.29, 0.717) is 36.0 Å². The van der Waals surface area contributed by atoms with Crippen LogP contribution in [0.15, 0.2) is 4.34 Å². The molecule has 3 amide bonds. The molecule has 9 nitrogen and oxygen atoms in total. The number of carbonyl (C=O) groups is 4. The van der Waals surface area contributed by atoms with Crippen molar-refractivity contribution in [2.75, 3.05) is 29.7 Å². The van der Waals surface area contributed by atoms with Gasteiger partial charge in [0.15, 0.2) is 4.34 Å². The number of nitrogens with zero attached hydrogens (tertiary/aromatic N) is 3. The van der Waals surface area contributed by atoms with Crippen molar-refractivity contribution in [3.63, 3.8) is 0 Å². The van der Waals surface area contributed by atoms with Crippen molar-refractivity contribution in [3.05, 3.63) is 0 Å². The lowest BCUT2D eigenvalue weighted by molar-refractivity contribution is -0.146.